The van der Waals surface area contributed by atoms with E-state index in [0.717, 1.165) is 50.6 Å². The van der Waals surface area contributed by atoms with Crippen LogP contribution in [0.15, 0.2) is 0 Å². The second-order valence-electron chi connectivity index (χ2n) is 6.65. The van der Waals surface area contributed by atoms with Crippen molar-refractivity contribution in [3.8, 4) is 0 Å². The Morgan fingerprint density at radius 3 is 1.11 bits per heavy atom. The van der Waals surface area contributed by atoms with Crippen LogP contribution in [-0.2, 0) is 0 Å². The molecule has 0 saturated heterocycles. The van der Waals surface area contributed by atoms with Crippen LogP contribution in [0.25, 0.3) is 0 Å². The summed E-state index contributed by atoms with van der Waals surface area (Å²) in [6, 6.07) is 0. The van der Waals surface area contributed by atoms with E-state index in [-0.39, 0.29) is 13.2 Å². The molecule has 2 aromatic rings. The fourth-order valence-electron chi connectivity index (χ4n) is 2.95. The van der Waals surface area contributed by atoms with Crippen molar-refractivity contribution < 1.29 is 9.59 Å². The Balaban J connectivity index is 0.000000483. The summed E-state index contributed by atoms with van der Waals surface area (Å²) in [4.78, 5) is 31.2. The predicted molar refractivity (Wildman–Crippen MR) is 113 cm³/mol. The molecule has 2 aromatic heterocycles. The van der Waals surface area contributed by atoms with E-state index in [1.54, 1.807) is 6.92 Å². The van der Waals surface area contributed by atoms with Gasteiger partial charge in [0.15, 0.2) is 5.78 Å². The molecule has 0 aliphatic carbocycles. The Morgan fingerprint density at radius 1 is 0.630 bits per heavy atom. The lowest BCUT2D eigenvalue weighted by molar-refractivity contribution is 0.101. The van der Waals surface area contributed by atoms with E-state index in [4.69, 9.17) is 11.6 Å². The van der Waals surface area contributed by atoms with Crippen LogP contribution in [0.5, 0.6) is 0 Å². The van der Waals surface area contributed by atoms with Crippen molar-refractivity contribution >= 4 is 22.6 Å². The minimum atomic E-state index is -0.399. The number of halogens is 1. The number of rotatable bonds is 2. The van der Waals surface area contributed by atoms with Crippen LogP contribution in [0.3, 0.4) is 0 Å². The zero-order chi connectivity index (χ0) is 20.3. The van der Waals surface area contributed by atoms with E-state index >= 15 is 0 Å². The third-order valence-corrected chi connectivity index (χ3v) is 5.08. The molecule has 0 N–H and O–H groups in total. The highest BCUT2D eigenvalue weighted by atomic mass is 35.5. The van der Waals surface area contributed by atoms with E-state index in [9.17, 15) is 9.59 Å². The second-order valence-corrected chi connectivity index (χ2v) is 6.99. The molecule has 2 heterocycles. The molecule has 0 aliphatic rings. The number of aryl methyl sites for hydroxylation is 4. The smallest absolute Gasteiger partial charge is 0.253 e. The highest BCUT2D eigenvalue weighted by Gasteiger charge is 2.14. The number of nitrogens with zero attached hydrogens (tertiary/aromatic N) is 2. The minimum absolute atomic E-state index is 0. The lowest BCUT2D eigenvalue weighted by Gasteiger charge is -2.11. The van der Waals surface area contributed by atoms with Gasteiger partial charge >= 0.3 is 0 Å². The molecule has 0 bridgehead atoms. The first-order valence-electron chi connectivity index (χ1n) is 8.49. The molecule has 148 valence electrons. The molecule has 0 aliphatic heterocycles. The van der Waals surface area contributed by atoms with Crippen molar-refractivity contribution in [1.82, 2.24) is 9.97 Å². The molecule has 0 atom stereocenters. The molecule has 0 aromatic carbocycles. The van der Waals surface area contributed by atoms with Gasteiger partial charge < -0.3 is 0 Å². The molecular weight excluding hydrogens is 360 g/mol. The van der Waals surface area contributed by atoms with Crippen LogP contribution in [0, 0.1) is 55.4 Å². The van der Waals surface area contributed by atoms with Crippen molar-refractivity contribution in [3.05, 3.63) is 56.2 Å². The van der Waals surface area contributed by atoms with Crippen LogP contribution in [0.1, 0.15) is 80.1 Å². The molecule has 27 heavy (non-hydrogen) atoms. The normalized spacial score (nSPS) is 9.85. The molecule has 0 amide bonds. The van der Waals surface area contributed by atoms with Gasteiger partial charge in [-0.25, -0.2) is 0 Å². The van der Waals surface area contributed by atoms with Crippen molar-refractivity contribution in [2.75, 3.05) is 0 Å². The largest absolute Gasteiger partial charge is 0.294 e. The minimum Gasteiger partial charge on any atom is -0.294 e. The SMILES string of the molecule is C.CC(=O)c1c(C)c(C)nc(C)c1C.Cc1nc(C)c(C)c(C(=O)Cl)c1C. The maximum absolute atomic E-state index is 11.4. The number of carbonyl (C=O) groups excluding carboxylic acids is 2. The quantitative estimate of drug-likeness (QED) is 0.476. The van der Waals surface area contributed by atoms with Crippen molar-refractivity contribution in [3.63, 3.8) is 0 Å². The average Bonchev–Trinajstić information content (AvgIpc) is 2.51. The van der Waals surface area contributed by atoms with Gasteiger partial charge in [0.25, 0.3) is 5.24 Å². The maximum Gasteiger partial charge on any atom is 0.253 e. The fourth-order valence-corrected chi connectivity index (χ4v) is 3.23. The van der Waals surface area contributed by atoms with E-state index < -0.39 is 5.24 Å². The highest BCUT2D eigenvalue weighted by molar-refractivity contribution is 6.68. The lowest BCUT2D eigenvalue weighted by Crippen LogP contribution is -2.06. The summed E-state index contributed by atoms with van der Waals surface area (Å²) in [5.41, 5.74) is 8.86. The molecule has 5 heteroatoms. The van der Waals surface area contributed by atoms with Gasteiger partial charge in [-0.3, -0.25) is 19.6 Å². The number of aromatic nitrogens is 2. The highest BCUT2D eigenvalue weighted by Crippen LogP contribution is 2.20. The van der Waals surface area contributed by atoms with Gasteiger partial charge in [-0.15, -0.1) is 0 Å². The van der Waals surface area contributed by atoms with Crippen LogP contribution in [0.2, 0.25) is 0 Å². The summed E-state index contributed by atoms with van der Waals surface area (Å²) >= 11 is 5.49. The molecular formula is C22H31ClN2O2. The second kappa shape index (κ2) is 9.75. The monoisotopic (exact) mass is 390 g/mol. The molecule has 0 spiro atoms. The third kappa shape index (κ3) is 5.46. The Kier molecular flexibility index (Phi) is 9.00. The predicted octanol–water partition coefficient (Wildman–Crippen LogP) is 5.85. The number of hydrogen-bond acceptors (Lipinski definition) is 4. The van der Waals surface area contributed by atoms with Gasteiger partial charge in [-0.1, -0.05) is 7.43 Å². The summed E-state index contributed by atoms with van der Waals surface area (Å²) in [5.74, 6) is 0.128. The molecule has 0 saturated carbocycles. The van der Waals surface area contributed by atoms with Crippen LogP contribution < -0.4 is 0 Å². The Bertz CT molecular complexity index is 761. The lowest BCUT2D eigenvalue weighted by atomic mass is 9.98. The van der Waals surface area contributed by atoms with E-state index in [2.05, 4.69) is 9.97 Å². The van der Waals surface area contributed by atoms with Crippen molar-refractivity contribution in [2.45, 2.75) is 69.7 Å². The van der Waals surface area contributed by atoms with Crippen LogP contribution >= 0.6 is 11.6 Å². The third-order valence-electron chi connectivity index (χ3n) is 4.89. The van der Waals surface area contributed by atoms with Gasteiger partial charge in [-0.05, 0) is 96.2 Å². The summed E-state index contributed by atoms with van der Waals surface area (Å²) in [5, 5.41) is -0.399. The fraction of sp³-hybridized carbons (Fsp3) is 0.455. The van der Waals surface area contributed by atoms with Gasteiger partial charge in [0, 0.05) is 33.9 Å². The molecule has 4 nitrogen and oxygen atoms in total. The Labute approximate surface area is 168 Å². The summed E-state index contributed by atoms with van der Waals surface area (Å²) in [7, 11) is 0. The maximum atomic E-state index is 11.4. The molecule has 0 unspecified atom stereocenters. The summed E-state index contributed by atoms with van der Waals surface area (Å²) in [6.45, 7) is 16.9. The number of hydrogen-bond donors (Lipinski definition) is 0. The molecule has 0 radical (unpaired) electrons. The average molecular weight is 391 g/mol. The van der Waals surface area contributed by atoms with Crippen LogP contribution in [0.4, 0.5) is 0 Å². The van der Waals surface area contributed by atoms with Gasteiger partial charge in [0.2, 0.25) is 0 Å². The summed E-state index contributed by atoms with van der Waals surface area (Å²) < 4.78 is 0. The number of ketones is 1. The zero-order valence-corrected chi connectivity index (χ0v) is 17.8. The topological polar surface area (TPSA) is 59.9 Å². The number of pyridine rings is 2. The Morgan fingerprint density at radius 2 is 0.889 bits per heavy atom. The van der Waals surface area contributed by atoms with Gasteiger partial charge in [0.05, 0.1) is 0 Å². The number of carbonyl (C=O) groups is 2. The molecule has 0 fully saturated rings. The standard InChI is InChI=1S/C11H15NO.C10H12ClNO.CH4/c1-6-8(3)12-9(4)7(2)11(6)10(5)13;1-5-7(3)12-8(4)6(2)9(5)10(11)13;/h1-5H3;1-4H3;1H4. The van der Waals surface area contributed by atoms with E-state index in [0.29, 0.717) is 5.56 Å². The summed E-state index contributed by atoms with van der Waals surface area (Å²) in [6.07, 6.45) is 0. The first-order valence-corrected chi connectivity index (χ1v) is 8.87. The van der Waals surface area contributed by atoms with E-state index in [1.807, 2.05) is 55.4 Å². The Hall–Kier alpha value is -2.07. The van der Waals surface area contributed by atoms with E-state index in [1.165, 1.54) is 0 Å². The van der Waals surface area contributed by atoms with Gasteiger partial charge in [0.1, 0.15) is 0 Å². The first kappa shape index (κ1) is 24.9. The van der Waals surface area contributed by atoms with Gasteiger partial charge in [-0.2, -0.15) is 0 Å². The van der Waals surface area contributed by atoms with Crippen molar-refractivity contribution in [1.29, 1.82) is 0 Å². The molecule has 2 rings (SSSR count). The first-order chi connectivity index (χ1) is 11.9. The van der Waals surface area contributed by atoms with Crippen LogP contribution in [-0.4, -0.2) is 21.0 Å². The van der Waals surface area contributed by atoms with Crippen molar-refractivity contribution in [2.24, 2.45) is 0 Å². The number of Topliss-reactive ketones (excluding diaryl/α,β-unsaturated/α-hetero) is 1. The zero-order valence-electron chi connectivity index (χ0n) is 17.1.